The lowest BCUT2D eigenvalue weighted by atomic mass is 9.91. The van der Waals surface area contributed by atoms with Crippen molar-refractivity contribution < 1.29 is 19.1 Å². The second-order valence-electron chi connectivity index (χ2n) is 13.1. The number of benzene rings is 1. The molecule has 3 aliphatic heterocycles. The van der Waals surface area contributed by atoms with Gasteiger partial charge in [0.1, 0.15) is 0 Å². The first-order valence-corrected chi connectivity index (χ1v) is 17.1. The van der Waals surface area contributed by atoms with Gasteiger partial charge in [0.05, 0.1) is 19.3 Å². The minimum atomic E-state index is -0.364. The fourth-order valence-corrected chi connectivity index (χ4v) is 7.46. The Balaban J connectivity index is 1.21. The Bertz CT molecular complexity index is 1090. The van der Waals surface area contributed by atoms with Crippen LogP contribution in [0.2, 0.25) is 5.02 Å². The number of hydrogen-bond acceptors (Lipinski definition) is 5. The molecule has 1 atom stereocenters. The van der Waals surface area contributed by atoms with Crippen molar-refractivity contribution in [3.8, 4) is 0 Å². The largest absolute Gasteiger partial charge is 0.378 e. The van der Waals surface area contributed by atoms with Gasteiger partial charge in [0.15, 0.2) is 0 Å². The summed E-state index contributed by atoms with van der Waals surface area (Å²) in [6.45, 7) is 5.15. The lowest BCUT2D eigenvalue weighted by Crippen LogP contribution is -2.58. The maximum Gasteiger partial charge on any atom is 0.320 e. The minimum Gasteiger partial charge on any atom is -0.378 e. The quantitative estimate of drug-likeness (QED) is 0.491. The zero-order valence-electron chi connectivity index (χ0n) is 26.6. The molecule has 1 aromatic rings. The van der Waals surface area contributed by atoms with Crippen LogP contribution in [-0.4, -0.2) is 133 Å². The summed E-state index contributed by atoms with van der Waals surface area (Å²) in [5, 5.41) is 4.39. The van der Waals surface area contributed by atoms with Crippen LogP contribution >= 0.6 is 11.6 Å². The van der Waals surface area contributed by atoms with E-state index in [4.69, 9.17) is 16.3 Å². The molecule has 1 aromatic carbocycles. The number of carbonyl (C=O) groups excluding carboxylic acids is 3. The van der Waals surface area contributed by atoms with Gasteiger partial charge in [-0.2, -0.15) is 0 Å². The Morgan fingerprint density at radius 3 is 2.00 bits per heavy atom. The number of likely N-dealkylation sites (tertiary alicyclic amines) is 2. The average molecular weight is 631 g/mol. The third kappa shape index (κ3) is 8.37. The highest BCUT2D eigenvalue weighted by Gasteiger charge is 2.37. The van der Waals surface area contributed by atoms with Gasteiger partial charge < -0.3 is 34.6 Å². The number of hydrogen-bond donors (Lipinski definition) is 1. The summed E-state index contributed by atoms with van der Waals surface area (Å²) in [5.41, 5.74) is 1.06. The molecule has 244 valence electrons. The van der Waals surface area contributed by atoms with Crippen LogP contribution in [0.25, 0.3) is 0 Å². The number of ether oxygens (including phenoxy) is 1. The van der Waals surface area contributed by atoms with Gasteiger partial charge in [-0.15, -0.1) is 0 Å². The predicted molar refractivity (Wildman–Crippen MR) is 172 cm³/mol. The number of carbonyl (C=O) groups is 3. The summed E-state index contributed by atoms with van der Waals surface area (Å²) < 4.78 is 5.41. The SMILES string of the molecule is CN(C)C(=O)N(C1CCCCC1)C1CCN(C(=O)[C@@H](Cc2ccc(Cl)cc2)NC2CCN(C(=O)N3CCOCC3)CC2)CC1. The molecule has 5 amide bonds. The summed E-state index contributed by atoms with van der Waals surface area (Å²) >= 11 is 6.16. The van der Waals surface area contributed by atoms with Gasteiger partial charge >= 0.3 is 12.1 Å². The van der Waals surface area contributed by atoms with E-state index in [9.17, 15) is 14.4 Å². The van der Waals surface area contributed by atoms with Gasteiger partial charge in [-0.25, -0.2) is 9.59 Å². The lowest BCUT2D eigenvalue weighted by molar-refractivity contribution is -0.135. The summed E-state index contributed by atoms with van der Waals surface area (Å²) in [6.07, 6.45) is 9.56. The topological polar surface area (TPSA) is 88.7 Å². The van der Waals surface area contributed by atoms with E-state index in [0.717, 1.165) is 44.1 Å². The highest BCUT2D eigenvalue weighted by atomic mass is 35.5. The summed E-state index contributed by atoms with van der Waals surface area (Å²) in [7, 11) is 3.68. The number of nitrogens with zero attached hydrogens (tertiary/aromatic N) is 5. The van der Waals surface area contributed by atoms with Crippen LogP contribution in [0, 0.1) is 0 Å². The molecule has 4 fully saturated rings. The first kappa shape index (κ1) is 32.8. The Labute approximate surface area is 268 Å². The molecule has 10 nitrogen and oxygen atoms in total. The van der Waals surface area contributed by atoms with Crippen LogP contribution in [0.4, 0.5) is 9.59 Å². The third-order valence-corrected chi connectivity index (χ3v) is 10.1. The molecule has 1 N–H and O–H groups in total. The molecular formula is C33H51ClN6O4. The van der Waals surface area contributed by atoms with Gasteiger partial charge in [-0.1, -0.05) is 43.0 Å². The maximum absolute atomic E-state index is 14.1. The fourth-order valence-electron chi connectivity index (χ4n) is 7.34. The van der Waals surface area contributed by atoms with E-state index in [-0.39, 0.29) is 36.1 Å². The van der Waals surface area contributed by atoms with Crippen LogP contribution in [0.3, 0.4) is 0 Å². The monoisotopic (exact) mass is 630 g/mol. The molecule has 5 rings (SSSR count). The molecule has 44 heavy (non-hydrogen) atoms. The minimum absolute atomic E-state index is 0.0958. The summed E-state index contributed by atoms with van der Waals surface area (Å²) in [4.78, 5) is 50.1. The smallest absolute Gasteiger partial charge is 0.320 e. The highest BCUT2D eigenvalue weighted by molar-refractivity contribution is 6.30. The Kier molecular flexibility index (Phi) is 11.7. The van der Waals surface area contributed by atoms with Gasteiger partial charge in [-0.05, 0) is 62.6 Å². The second kappa shape index (κ2) is 15.6. The number of piperidine rings is 2. The van der Waals surface area contributed by atoms with Crippen molar-refractivity contribution in [2.24, 2.45) is 0 Å². The molecule has 11 heteroatoms. The van der Waals surface area contributed by atoms with E-state index in [0.29, 0.717) is 70.0 Å². The van der Waals surface area contributed by atoms with Crippen LogP contribution < -0.4 is 5.32 Å². The second-order valence-corrected chi connectivity index (χ2v) is 13.6. The molecule has 3 heterocycles. The van der Waals surface area contributed by atoms with Gasteiger partial charge in [0, 0.05) is 76.5 Å². The standard InChI is InChI=1S/C33H51ClN6O4/c1-36(2)32(42)40(28-6-4-3-5-7-28)29-14-18-37(19-15-29)31(41)30(24-25-8-10-26(34)11-9-25)35-27-12-16-38(17-13-27)33(43)39-20-22-44-23-21-39/h8-11,27-30,35H,3-7,12-24H2,1-2H3/t30-/m1/s1. The van der Waals surface area contributed by atoms with Crippen LogP contribution in [0.1, 0.15) is 63.4 Å². The first-order valence-electron chi connectivity index (χ1n) is 16.7. The van der Waals surface area contributed by atoms with Crippen molar-refractivity contribution in [1.82, 2.24) is 29.8 Å². The van der Waals surface area contributed by atoms with E-state index in [1.807, 2.05) is 53.1 Å². The predicted octanol–water partition coefficient (Wildman–Crippen LogP) is 4.06. The van der Waals surface area contributed by atoms with E-state index < -0.39 is 0 Å². The Morgan fingerprint density at radius 2 is 1.39 bits per heavy atom. The first-order chi connectivity index (χ1) is 21.3. The number of halogens is 1. The van der Waals surface area contributed by atoms with Crippen LogP contribution in [0.15, 0.2) is 24.3 Å². The zero-order chi connectivity index (χ0) is 31.1. The van der Waals surface area contributed by atoms with E-state index >= 15 is 0 Å². The average Bonchev–Trinajstić information content (AvgIpc) is 3.06. The molecule has 0 spiro atoms. The number of morpholine rings is 1. The molecule has 0 aromatic heterocycles. The van der Waals surface area contributed by atoms with Gasteiger partial charge in [0.2, 0.25) is 5.91 Å². The number of rotatable bonds is 7. The molecule has 1 aliphatic carbocycles. The number of amides is 5. The van der Waals surface area contributed by atoms with Gasteiger partial charge in [-0.3, -0.25) is 4.79 Å². The van der Waals surface area contributed by atoms with Crippen molar-refractivity contribution in [2.75, 3.05) is 66.6 Å². The van der Waals surface area contributed by atoms with Crippen molar-refractivity contribution in [3.05, 3.63) is 34.9 Å². The van der Waals surface area contributed by atoms with E-state index in [1.165, 1.54) is 19.3 Å². The molecule has 0 bridgehead atoms. The fraction of sp³-hybridized carbons (Fsp3) is 0.727. The van der Waals surface area contributed by atoms with Crippen LogP contribution in [-0.2, 0) is 16.0 Å². The zero-order valence-corrected chi connectivity index (χ0v) is 27.3. The molecule has 4 aliphatic rings. The highest BCUT2D eigenvalue weighted by Crippen LogP contribution is 2.29. The third-order valence-electron chi connectivity index (χ3n) is 9.88. The lowest BCUT2D eigenvalue weighted by Gasteiger charge is -2.45. The van der Waals surface area contributed by atoms with Crippen molar-refractivity contribution in [3.63, 3.8) is 0 Å². The molecule has 0 radical (unpaired) electrons. The van der Waals surface area contributed by atoms with Crippen LogP contribution in [0.5, 0.6) is 0 Å². The molecular weight excluding hydrogens is 580 g/mol. The molecule has 3 saturated heterocycles. The number of nitrogens with one attached hydrogen (secondary N) is 1. The molecule has 1 saturated carbocycles. The summed E-state index contributed by atoms with van der Waals surface area (Å²) in [5.74, 6) is 0.119. The van der Waals surface area contributed by atoms with Gasteiger partial charge in [0.25, 0.3) is 0 Å². The maximum atomic E-state index is 14.1. The van der Waals surface area contributed by atoms with Crippen molar-refractivity contribution >= 4 is 29.6 Å². The van der Waals surface area contributed by atoms with Crippen molar-refractivity contribution in [1.29, 1.82) is 0 Å². The van der Waals surface area contributed by atoms with E-state index in [1.54, 1.807) is 4.90 Å². The Morgan fingerprint density at radius 1 is 0.818 bits per heavy atom. The normalized spacial score (nSPS) is 21.7. The number of urea groups is 2. The molecule has 0 unspecified atom stereocenters. The summed E-state index contributed by atoms with van der Waals surface area (Å²) in [6, 6.07) is 8.19. The van der Waals surface area contributed by atoms with E-state index in [2.05, 4.69) is 10.2 Å². The Hall–Kier alpha value is -2.56. The van der Waals surface area contributed by atoms with Crippen molar-refractivity contribution in [2.45, 2.75) is 88.4 Å².